The van der Waals surface area contributed by atoms with Crippen LogP contribution in [0.15, 0.2) is 18.2 Å². The molecule has 1 amide bonds. The van der Waals surface area contributed by atoms with Gasteiger partial charge in [-0.3, -0.25) is 4.79 Å². The van der Waals surface area contributed by atoms with E-state index in [1.807, 2.05) is 6.07 Å². The van der Waals surface area contributed by atoms with Crippen LogP contribution >= 0.6 is 0 Å². The van der Waals surface area contributed by atoms with Gasteiger partial charge in [-0.1, -0.05) is 0 Å². The second kappa shape index (κ2) is 6.21. The van der Waals surface area contributed by atoms with Crippen LogP contribution in [0.2, 0.25) is 0 Å². The van der Waals surface area contributed by atoms with Gasteiger partial charge in [-0.05, 0) is 25.0 Å². The number of nitrogens with one attached hydrogen (secondary N) is 1. The number of ether oxygens (including phenoxy) is 2. The van der Waals surface area contributed by atoms with Gasteiger partial charge in [0.15, 0.2) is 0 Å². The van der Waals surface area contributed by atoms with Crippen molar-refractivity contribution in [3.63, 3.8) is 0 Å². The number of rotatable bonds is 4. The summed E-state index contributed by atoms with van der Waals surface area (Å²) in [6.07, 6.45) is 2.31. The van der Waals surface area contributed by atoms with E-state index in [0.29, 0.717) is 23.4 Å². The quantitative estimate of drug-likeness (QED) is 0.899. The molecule has 1 aromatic rings. The average molecular weight is 260 g/mol. The summed E-state index contributed by atoms with van der Waals surface area (Å²) in [7, 11) is 1.51. The number of methoxy groups -OCH3 is 1. The average Bonchev–Trinajstić information content (AvgIpc) is 2.91. The highest BCUT2D eigenvalue weighted by Gasteiger charge is 2.19. The maximum Gasteiger partial charge on any atom is 0.227 e. The third-order valence-electron chi connectivity index (χ3n) is 3.04. The summed E-state index contributed by atoms with van der Waals surface area (Å²) < 4.78 is 10.6. The van der Waals surface area contributed by atoms with Crippen LogP contribution in [-0.2, 0) is 9.53 Å². The number of anilines is 1. The number of nitriles is 1. The van der Waals surface area contributed by atoms with E-state index >= 15 is 0 Å². The molecule has 0 bridgehead atoms. The summed E-state index contributed by atoms with van der Waals surface area (Å²) in [6, 6.07) is 6.94. The van der Waals surface area contributed by atoms with E-state index in [2.05, 4.69) is 5.32 Å². The van der Waals surface area contributed by atoms with Gasteiger partial charge in [0.2, 0.25) is 5.91 Å². The van der Waals surface area contributed by atoms with E-state index < -0.39 is 0 Å². The summed E-state index contributed by atoms with van der Waals surface area (Å²) in [5.74, 6) is 0.384. The number of nitrogens with zero attached hydrogens (tertiary/aromatic N) is 1. The molecule has 0 radical (unpaired) electrons. The Hall–Kier alpha value is -2.06. The van der Waals surface area contributed by atoms with Crippen molar-refractivity contribution in [3.8, 4) is 11.8 Å². The Balaban J connectivity index is 2.01. The maximum absolute atomic E-state index is 11.9. The summed E-state index contributed by atoms with van der Waals surface area (Å²) >= 11 is 0. The highest BCUT2D eigenvalue weighted by atomic mass is 16.5. The summed E-state index contributed by atoms with van der Waals surface area (Å²) in [5, 5.41) is 11.6. The standard InChI is InChI=1S/C14H16N2O3/c1-18-13-7-10(9-15)4-5-12(13)16-14(17)8-11-3-2-6-19-11/h4-5,7,11H,2-3,6,8H2,1H3,(H,16,17). The molecule has 0 aromatic heterocycles. The molecule has 19 heavy (non-hydrogen) atoms. The number of carbonyl (C=O) groups excluding carboxylic acids is 1. The zero-order valence-corrected chi connectivity index (χ0v) is 10.8. The first kappa shape index (κ1) is 13.4. The van der Waals surface area contributed by atoms with Crippen molar-refractivity contribution < 1.29 is 14.3 Å². The highest BCUT2D eigenvalue weighted by Crippen LogP contribution is 2.26. The minimum atomic E-state index is -0.102. The van der Waals surface area contributed by atoms with Crippen molar-refractivity contribution in [1.29, 1.82) is 5.26 Å². The molecule has 1 saturated heterocycles. The first-order valence-electron chi connectivity index (χ1n) is 6.22. The second-order valence-electron chi connectivity index (χ2n) is 4.41. The molecule has 100 valence electrons. The molecule has 5 heteroatoms. The molecule has 1 aliphatic heterocycles. The molecular weight excluding hydrogens is 244 g/mol. The van der Waals surface area contributed by atoms with Crippen LogP contribution in [0.1, 0.15) is 24.8 Å². The Kier molecular flexibility index (Phi) is 4.37. The lowest BCUT2D eigenvalue weighted by atomic mass is 10.1. The zero-order chi connectivity index (χ0) is 13.7. The molecule has 1 atom stereocenters. The molecule has 0 saturated carbocycles. The highest BCUT2D eigenvalue weighted by molar-refractivity contribution is 5.92. The molecule has 1 fully saturated rings. The first-order valence-corrected chi connectivity index (χ1v) is 6.22. The molecule has 5 nitrogen and oxygen atoms in total. The zero-order valence-electron chi connectivity index (χ0n) is 10.8. The minimum Gasteiger partial charge on any atom is -0.495 e. The van der Waals surface area contributed by atoms with Crippen LogP contribution in [0.25, 0.3) is 0 Å². The lowest BCUT2D eigenvalue weighted by Gasteiger charge is -2.12. The van der Waals surface area contributed by atoms with Gasteiger partial charge < -0.3 is 14.8 Å². The molecule has 1 aromatic carbocycles. The smallest absolute Gasteiger partial charge is 0.227 e. The second-order valence-corrected chi connectivity index (χ2v) is 4.41. The fourth-order valence-corrected chi connectivity index (χ4v) is 2.08. The Labute approximate surface area is 112 Å². The maximum atomic E-state index is 11.9. The van der Waals surface area contributed by atoms with Gasteiger partial charge in [0.1, 0.15) is 5.75 Å². The molecule has 2 rings (SSSR count). The summed E-state index contributed by atoms with van der Waals surface area (Å²) in [6.45, 7) is 0.734. The topological polar surface area (TPSA) is 71.3 Å². The Morgan fingerprint density at radius 2 is 2.47 bits per heavy atom. The summed E-state index contributed by atoms with van der Waals surface area (Å²) in [5.41, 5.74) is 1.07. The molecule has 1 heterocycles. The van der Waals surface area contributed by atoms with Crippen molar-refractivity contribution in [2.24, 2.45) is 0 Å². The molecule has 1 unspecified atom stereocenters. The van der Waals surface area contributed by atoms with E-state index in [-0.39, 0.29) is 12.0 Å². The number of hydrogen-bond acceptors (Lipinski definition) is 4. The van der Waals surface area contributed by atoms with Crippen molar-refractivity contribution in [2.75, 3.05) is 19.0 Å². The fourth-order valence-electron chi connectivity index (χ4n) is 2.08. The van der Waals surface area contributed by atoms with E-state index in [9.17, 15) is 4.79 Å². The molecule has 0 aliphatic carbocycles. The van der Waals surface area contributed by atoms with Crippen molar-refractivity contribution in [1.82, 2.24) is 0 Å². The van der Waals surface area contributed by atoms with Crippen LogP contribution in [0.3, 0.4) is 0 Å². The van der Waals surface area contributed by atoms with Gasteiger partial charge in [-0.25, -0.2) is 0 Å². The van der Waals surface area contributed by atoms with Crippen molar-refractivity contribution >= 4 is 11.6 Å². The van der Waals surface area contributed by atoms with E-state index in [0.717, 1.165) is 19.4 Å². The number of hydrogen-bond donors (Lipinski definition) is 1. The fraction of sp³-hybridized carbons (Fsp3) is 0.429. The normalized spacial score (nSPS) is 17.8. The summed E-state index contributed by atoms with van der Waals surface area (Å²) in [4.78, 5) is 11.9. The van der Waals surface area contributed by atoms with Gasteiger partial charge in [-0.2, -0.15) is 5.26 Å². The number of carbonyl (C=O) groups is 1. The third-order valence-corrected chi connectivity index (χ3v) is 3.04. The lowest BCUT2D eigenvalue weighted by molar-refractivity contribution is -0.118. The van der Waals surface area contributed by atoms with Crippen LogP contribution in [0, 0.1) is 11.3 Å². The Morgan fingerprint density at radius 1 is 1.63 bits per heavy atom. The minimum absolute atomic E-state index is 0.0179. The van der Waals surface area contributed by atoms with Crippen molar-refractivity contribution in [2.45, 2.75) is 25.4 Å². The largest absolute Gasteiger partial charge is 0.495 e. The van der Waals surface area contributed by atoms with Gasteiger partial charge in [0, 0.05) is 12.7 Å². The molecule has 0 spiro atoms. The monoisotopic (exact) mass is 260 g/mol. The van der Waals surface area contributed by atoms with E-state index in [4.69, 9.17) is 14.7 Å². The van der Waals surface area contributed by atoms with Gasteiger partial charge >= 0.3 is 0 Å². The molecule has 1 N–H and O–H groups in total. The van der Waals surface area contributed by atoms with Crippen LogP contribution < -0.4 is 10.1 Å². The molecule has 1 aliphatic rings. The SMILES string of the molecule is COc1cc(C#N)ccc1NC(=O)CC1CCCO1. The molecular formula is C14H16N2O3. The predicted molar refractivity (Wildman–Crippen MR) is 69.9 cm³/mol. The van der Waals surface area contributed by atoms with E-state index in [1.54, 1.807) is 18.2 Å². The van der Waals surface area contributed by atoms with Crippen LogP contribution in [0.4, 0.5) is 5.69 Å². The van der Waals surface area contributed by atoms with Gasteiger partial charge in [0.05, 0.1) is 37.0 Å². The number of benzene rings is 1. The first-order chi connectivity index (χ1) is 9.22. The number of amides is 1. The van der Waals surface area contributed by atoms with Crippen LogP contribution in [0.5, 0.6) is 5.75 Å². The predicted octanol–water partition coefficient (Wildman–Crippen LogP) is 2.07. The van der Waals surface area contributed by atoms with E-state index in [1.165, 1.54) is 7.11 Å². The lowest BCUT2D eigenvalue weighted by Crippen LogP contribution is -2.19. The van der Waals surface area contributed by atoms with Gasteiger partial charge in [-0.15, -0.1) is 0 Å². The Morgan fingerprint density at radius 3 is 3.11 bits per heavy atom. The third kappa shape index (κ3) is 3.46. The van der Waals surface area contributed by atoms with Crippen LogP contribution in [-0.4, -0.2) is 25.7 Å². The Bertz CT molecular complexity index is 502. The van der Waals surface area contributed by atoms with Gasteiger partial charge in [0.25, 0.3) is 0 Å². The van der Waals surface area contributed by atoms with Crippen molar-refractivity contribution in [3.05, 3.63) is 23.8 Å².